The van der Waals surface area contributed by atoms with Crippen LogP contribution in [0.15, 0.2) is 22.4 Å². The molecule has 0 fully saturated rings. The van der Waals surface area contributed by atoms with E-state index in [9.17, 15) is 0 Å². The second-order valence-corrected chi connectivity index (χ2v) is 6.00. The van der Waals surface area contributed by atoms with Gasteiger partial charge in [0.1, 0.15) is 10.9 Å². The van der Waals surface area contributed by atoms with Crippen molar-refractivity contribution in [1.29, 1.82) is 0 Å². The van der Waals surface area contributed by atoms with Crippen LogP contribution in [-0.2, 0) is 6.42 Å². The van der Waals surface area contributed by atoms with Crippen molar-refractivity contribution in [2.24, 2.45) is 0 Å². The largest absolute Gasteiger partial charge is 0.275 e. The fourth-order valence-corrected chi connectivity index (χ4v) is 3.19. The van der Waals surface area contributed by atoms with Crippen LogP contribution in [0.2, 0.25) is 0 Å². The Morgan fingerprint density at radius 3 is 2.78 bits per heavy atom. The molecular weight excluding hydrogens is 262 g/mol. The summed E-state index contributed by atoms with van der Waals surface area (Å²) in [5, 5.41) is 2.16. The molecule has 0 aliphatic rings. The molecule has 18 heavy (non-hydrogen) atoms. The van der Waals surface area contributed by atoms with Crippen molar-refractivity contribution in [3.63, 3.8) is 0 Å². The normalized spacial score (nSPS) is 11.3. The van der Waals surface area contributed by atoms with Crippen molar-refractivity contribution in [2.45, 2.75) is 43.3 Å². The smallest absolute Gasteiger partial charge is 0.175 e. The number of hydrogen-bond acceptors (Lipinski definition) is 4. The van der Waals surface area contributed by atoms with Crippen molar-refractivity contribution >= 4 is 29.0 Å². The van der Waals surface area contributed by atoms with Gasteiger partial charge >= 0.3 is 0 Å². The summed E-state index contributed by atoms with van der Waals surface area (Å²) in [5.74, 6) is 2.23. The van der Waals surface area contributed by atoms with Gasteiger partial charge in [0, 0.05) is 12.2 Å². The molecule has 98 valence electrons. The Bertz CT molecular complexity index is 522. The highest BCUT2D eigenvalue weighted by Gasteiger charge is 2.10. The van der Waals surface area contributed by atoms with Gasteiger partial charge in [0.2, 0.25) is 0 Å². The van der Waals surface area contributed by atoms with Crippen molar-refractivity contribution in [3.05, 3.63) is 18.1 Å². The van der Waals surface area contributed by atoms with Crippen molar-refractivity contribution in [3.8, 4) is 0 Å². The lowest BCUT2D eigenvalue weighted by atomic mass is 10.3. The highest BCUT2D eigenvalue weighted by molar-refractivity contribution is 7.99. The summed E-state index contributed by atoms with van der Waals surface area (Å²) in [5.41, 5.74) is 1.16. The van der Waals surface area contributed by atoms with Gasteiger partial charge < -0.3 is 0 Å². The molecule has 0 atom stereocenters. The molecule has 0 aromatic carbocycles. The van der Waals surface area contributed by atoms with E-state index in [1.165, 1.54) is 0 Å². The van der Waals surface area contributed by atoms with Gasteiger partial charge in [0.15, 0.2) is 5.16 Å². The van der Waals surface area contributed by atoms with Gasteiger partial charge in [0.25, 0.3) is 0 Å². The van der Waals surface area contributed by atoms with Gasteiger partial charge in [-0.25, -0.2) is 9.97 Å². The summed E-state index contributed by atoms with van der Waals surface area (Å²) in [6, 6.07) is 2.12. The van der Waals surface area contributed by atoms with Crippen LogP contribution in [0.3, 0.4) is 0 Å². The fraction of sp³-hybridized carbons (Fsp3) is 0.538. The van der Waals surface area contributed by atoms with Crippen LogP contribution in [-0.4, -0.2) is 26.4 Å². The molecule has 2 aromatic heterocycles. The zero-order valence-corrected chi connectivity index (χ0v) is 12.8. The van der Waals surface area contributed by atoms with Crippen molar-refractivity contribution in [2.75, 3.05) is 12.0 Å². The molecule has 0 saturated heterocycles. The van der Waals surface area contributed by atoms with E-state index in [0.29, 0.717) is 0 Å². The zero-order valence-electron chi connectivity index (χ0n) is 11.1. The molecule has 0 aliphatic carbocycles. The first-order valence-electron chi connectivity index (χ1n) is 6.34. The van der Waals surface area contributed by atoms with E-state index in [4.69, 9.17) is 4.98 Å². The SMILES string of the molecule is CCCSc1nc(SC)cc2cnc(CCC)n12. The minimum absolute atomic E-state index is 1.01. The second-order valence-electron chi connectivity index (χ2n) is 4.11. The van der Waals surface area contributed by atoms with Gasteiger partial charge in [-0.15, -0.1) is 11.8 Å². The first kappa shape index (κ1) is 13.7. The van der Waals surface area contributed by atoms with E-state index < -0.39 is 0 Å². The topological polar surface area (TPSA) is 30.2 Å². The van der Waals surface area contributed by atoms with E-state index in [0.717, 1.165) is 46.5 Å². The summed E-state index contributed by atoms with van der Waals surface area (Å²) >= 11 is 3.51. The van der Waals surface area contributed by atoms with Gasteiger partial charge in [0.05, 0.1) is 11.7 Å². The van der Waals surface area contributed by atoms with Crippen LogP contribution in [0.25, 0.3) is 5.52 Å². The third kappa shape index (κ3) is 2.83. The van der Waals surface area contributed by atoms with Crippen molar-refractivity contribution < 1.29 is 0 Å². The van der Waals surface area contributed by atoms with Gasteiger partial charge in [-0.05, 0) is 25.2 Å². The summed E-state index contributed by atoms with van der Waals surface area (Å²) in [7, 11) is 0. The van der Waals surface area contributed by atoms with Gasteiger partial charge in [-0.3, -0.25) is 4.40 Å². The van der Waals surface area contributed by atoms with Gasteiger partial charge in [-0.1, -0.05) is 25.6 Å². The van der Waals surface area contributed by atoms with Crippen LogP contribution in [0.1, 0.15) is 32.5 Å². The highest BCUT2D eigenvalue weighted by atomic mass is 32.2. The lowest BCUT2D eigenvalue weighted by Crippen LogP contribution is -2.01. The Morgan fingerprint density at radius 1 is 1.28 bits per heavy atom. The Labute approximate surface area is 117 Å². The average molecular weight is 281 g/mol. The Balaban J connectivity index is 2.49. The molecule has 0 spiro atoms. The van der Waals surface area contributed by atoms with E-state index >= 15 is 0 Å². The molecule has 2 aromatic rings. The van der Waals surface area contributed by atoms with E-state index in [1.807, 2.05) is 18.0 Å². The minimum atomic E-state index is 1.01. The number of thioether (sulfide) groups is 2. The Hall–Kier alpha value is -0.680. The average Bonchev–Trinajstić information content (AvgIpc) is 2.79. The maximum absolute atomic E-state index is 4.72. The first-order chi connectivity index (χ1) is 8.80. The first-order valence-corrected chi connectivity index (χ1v) is 8.55. The van der Waals surface area contributed by atoms with Crippen LogP contribution >= 0.6 is 23.5 Å². The van der Waals surface area contributed by atoms with Crippen LogP contribution in [0, 0.1) is 0 Å². The summed E-state index contributed by atoms with van der Waals surface area (Å²) < 4.78 is 2.21. The molecule has 0 N–H and O–H groups in total. The summed E-state index contributed by atoms with van der Waals surface area (Å²) in [6.45, 7) is 4.38. The lowest BCUT2D eigenvalue weighted by Gasteiger charge is -2.08. The van der Waals surface area contributed by atoms with Crippen LogP contribution in [0.5, 0.6) is 0 Å². The minimum Gasteiger partial charge on any atom is -0.275 e. The second kappa shape index (κ2) is 6.48. The summed E-state index contributed by atoms with van der Waals surface area (Å²) in [6.07, 6.45) is 7.31. The molecule has 0 bridgehead atoms. The predicted molar refractivity (Wildman–Crippen MR) is 79.8 cm³/mol. The fourth-order valence-electron chi connectivity index (χ4n) is 1.83. The number of rotatable bonds is 6. The van der Waals surface area contributed by atoms with E-state index in [2.05, 4.69) is 35.6 Å². The highest BCUT2D eigenvalue weighted by Crippen LogP contribution is 2.25. The third-order valence-corrected chi connectivity index (χ3v) is 4.42. The predicted octanol–water partition coefficient (Wildman–Crippen LogP) is 3.91. The number of aryl methyl sites for hydroxylation is 1. The molecule has 0 amide bonds. The molecule has 0 saturated carbocycles. The monoisotopic (exact) mass is 281 g/mol. The Kier molecular flexibility index (Phi) is 4.95. The molecule has 2 rings (SSSR count). The van der Waals surface area contributed by atoms with E-state index in [-0.39, 0.29) is 0 Å². The summed E-state index contributed by atoms with van der Waals surface area (Å²) in [4.78, 5) is 9.25. The number of nitrogens with zero attached hydrogens (tertiary/aromatic N) is 3. The number of hydrogen-bond donors (Lipinski definition) is 0. The maximum atomic E-state index is 4.72. The molecule has 2 heterocycles. The van der Waals surface area contributed by atoms with Crippen LogP contribution < -0.4 is 0 Å². The quantitative estimate of drug-likeness (QED) is 0.456. The molecule has 0 radical (unpaired) electrons. The number of aromatic nitrogens is 3. The van der Waals surface area contributed by atoms with Crippen molar-refractivity contribution in [1.82, 2.24) is 14.4 Å². The molecular formula is C13H19N3S2. The molecule has 0 unspecified atom stereocenters. The number of imidazole rings is 1. The number of fused-ring (bicyclic) bond motifs is 1. The zero-order chi connectivity index (χ0) is 13.0. The molecule has 5 heteroatoms. The van der Waals surface area contributed by atoms with E-state index in [1.54, 1.807) is 11.8 Å². The standard InChI is InChI=1S/C13H19N3S2/c1-4-6-11-14-9-10-8-12(17-3)15-13(16(10)11)18-7-5-2/h8-9H,4-7H2,1-3H3. The van der Waals surface area contributed by atoms with Crippen LogP contribution in [0.4, 0.5) is 0 Å². The molecule has 0 aliphatic heterocycles. The Morgan fingerprint density at radius 2 is 2.11 bits per heavy atom. The van der Waals surface area contributed by atoms with Gasteiger partial charge in [-0.2, -0.15) is 0 Å². The maximum Gasteiger partial charge on any atom is 0.175 e. The molecule has 3 nitrogen and oxygen atoms in total. The lowest BCUT2D eigenvalue weighted by molar-refractivity contribution is 0.757. The third-order valence-electron chi connectivity index (χ3n) is 2.65.